The topological polar surface area (TPSA) is 60.2 Å². The van der Waals surface area contributed by atoms with Crippen LogP contribution in [0.1, 0.15) is 11.3 Å². The molecule has 22 heavy (non-hydrogen) atoms. The van der Waals surface area contributed by atoms with Gasteiger partial charge in [-0.3, -0.25) is 0 Å². The molecule has 0 saturated heterocycles. The Hall–Kier alpha value is -2.66. The number of aliphatic hydroxyl groups is 1. The molecular formula is C17H17N3O2. The second-order valence-electron chi connectivity index (χ2n) is 5.02. The third-order valence-corrected chi connectivity index (χ3v) is 3.51. The van der Waals surface area contributed by atoms with Crippen LogP contribution in [-0.4, -0.2) is 27.2 Å². The number of hydrogen-bond donors (Lipinski definition) is 1. The predicted molar refractivity (Wildman–Crippen MR) is 84.0 cm³/mol. The summed E-state index contributed by atoms with van der Waals surface area (Å²) in [6.07, 6.45) is 0. The molecule has 0 radical (unpaired) electrons. The van der Waals surface area contributed by atoms with Crippen molar-refractivity contribution in [2.45, 2.75) is 13.5 Å². The molecule has 0 aliphatic heterocycles. The van der Waals surface area contributed by atoms with Gasteiger partial charge in [0, 0.05) is 5.56 Å². The SMILES string of the molecule is COc1cccc(-c2c(CO)nnn2-c2ccc(C)cc2)c1. The summed E-state index contributed by atoms with van der Waals surface area (Å²) in [5, 5.41) is 17.8. The average Bonchev–Trinajstić information content (AvgIpc) is 2.99. The van der Waals surface area contributed by atoms with Crippen LogP contribution in [0.25, 0.3) is 16.9 Å². The molecule has 0 fully saturated rings. The highest BCUT2D eigenvalue weighted by Crippen LogP contribution is 2.28. The van der Waals surface area contributed by atoms with E-state index in [-0.39, 0.29) is 6.61 Å². The highest BCUT2D eigenvalue weighted by molar-refractivity contribution is 5.65. The summed E-state index contributed by atoms with van der Waals surface area (Å²) in [4.78, 5) is 0. The first-order valence-electron chi connectivity index (χ1n) is 7.00. The van der Waals surface area contributed by atoms with E-state index in [4.69, 9.17) is 4.74 Å². The van der Waals surface area contributed by atoms with Gasteiger partial charge in [-0.25, -0.2) is 4.68 Å². The first-order chi connectivity index (χ1) is 10.7. The van der Waals surface area contributed by atoms with Crippen LogP contribution in [-0.2, 0) is 6.61 Å². The molecule has 0 amide bonds. The summed E-state index contributed by atoms with van der Waals surface area (Å²) in [6, 6.07) is 15.6. The number of aliphatic hydroxyl groups excluding tert-OH is 1. The van der Waals surface area contributed by atoms with Crippen LogP contribution < -0.4 is 4.74 Å². The maximum absolute atomic E-state index is 9.56. The highest BCUT2D eigenvalue weighted by atomic mass is 16.5. The fourth-order valence-corrected chi connectivity index (χ4v) is 2.35. The van der Waals surface area contributed by atoms with Gasteiger partial charge >= 0.3 is 0 Å². The number of aromatic nitrogens is 3. The minimum Gasteiger partial charge on any atom is -0.497 e. The number of aryl methyl sites for hydroxylation is 1. The van der Waals surface area contributed by atoms with E-state index in [9.17, 15) is 5.11 Å². The van der Waals surface area contributed by atoms with Crippen LogP contribution in [0.2, 0.25) is 0 Å². The number of rotatable bonds is 4. The van der Waals surface area contributed by atoms with Gasteiger partial charge in [0.25, 0.3) is 0 Å². The summed E-state index contributed by atoms with van der Waals surface area (Å²) < 4.78 is 7.01. The largest absolute Gasteiger partial charge is 0.497 e. The first kappa shape index (κ1) is 14.3. The van der Waals surface area contributed by atoms with E-state index < -0.39 is 0 Å². The Morgan fingerprint density at radius 3 is 2.59 bits per heavy atom. The Bertz CT molecular complexity index is 779. The molecule has 0 saturated carbocycles. The van der Waals surface area contributed by atoms with Gasteiger partial charge < -0.3 is 9.84 Å². The highest BCUT2D eigenvalue weighted by Gasteiger charge is 2.16. The van der Waals surface area contributed by atoms with Gasteiger partial charge in [-0.15, -0.1) is 5.10 Å². The lowest BCUT2D eigenvalue weighted by molar-refractivity contribution is 0.277. The lowest BCUT2D eigenvalue weighted by atomic mass is 10.1. The second kappa shape index (κ2) is 5.99. The molecule has 0 unspecified atom stereocenters. The zero-order valence-corrected chi connectivity index (χ0v) is 12.5. The molecule has 0 bridgehead atoms. The van der Waals surface area contributed by atoms with Crippen molar-refractivity contribution in [1.29, 1.82) is 0 Å². The Kier molecular flexibility index (Phi) is 3.89. The predicted octanol–water partition coefficient (Wildman–Crippen LogP) is 2.74. The maximum atomic E-state index is 9.56. The van der Waals surface area contributed by atoms with Gasteiger partial charge in [0.15, 0.2) is 0 Å². The minimum atomic E-state index is -0.168. The van der Waals surface area contributed by atoms with E-state index in [0.717, 1.165) is 22.7 Å². The Morgan fingerprint density at radius 2 is 1.91 bits per heavy atom. The molecule has 1 heterocycles. The van der Waals surface area contributed by atoms with Crippen LogP contribution >= 0.6 is 0 Å². The summed E-state index contributed by atoms with van der Waals surface area (Å²) in [6.45, 7) is 1.87. The van der Waals surface area contributed by atoms with E-state index in [2.05, 4.69) is 10.3 Å². The van der Waals surface area contributed by atoms with Crippen molar-refractivity contribution in [3.05, 3.63) is 59.8 Å². The van der Waals surface area contributed by atoms with Crippen LogP contribution in [0.3, 0.4) is 0 Å². The molecule has 0 aliphatic carbocycles. The summed E-state index contributed by atoms with van der Waals surface area (Å²) in [5.74, 6) is 0.748. The molecule has 3 aromatic rings. The zero-order chi connectivity index (χ0) is 15.5. The number of ether oxygens (including phenoxy) is 1. The Balaban J connectivity index is 2.16. The van der Waals surface area contributed by atoms with Crippen molar-refractivity contribution < 1.29 is 9.84 Å². The summed E-state index contributed by atoms with van der Waals surface area (Å²) in [7, 11) is 1.63. The first-order valence-corrected chi connectivity index (χ1v) is 7.00. The van der Waals surface area contributed by atoms with Crippen LogP contribution in [0, 0.1) is 6.92 Å². The Labute approximate surface area is 128 Å². The van der Waals surface area contributed by atoms with E-state index >= 15 is 0 Å². The number of nitrogens with zero attached hydrogens (tertiary/aromatic N) is 3. The average molecular weight is 295 g/mol. The smallest absolute Gasteiger partial charge is 0.119 e. The van der Waals surface area contributed by atoms with Gasteiger partial charge in [-0.2, -0.15) is 0 Å². The Morgan fingerprint density at radius 1 is 1.14 bits per heavy atom. The second-order valence-corrected chi connectivity index (χ2v) is 5.02. The molecule has 0 atom stereocenters. The van der Waals surface area contributed by atoms with Crippen LogP contribution in [0.15, 0.2) is 48.5 Å². The third-order valence-electron chi connectivity index (χ3n) is 3.51. The third kappa shape index (κ3) is 2.58. The lowest BCUT2D eigenvalue weighted by Gasteiger charge is -2.09. The molecule has 112 valence electrons. The van der Waals surface area contributed by atoms with Gasteiger partial charge in [-0.1, -0.05) is 35.0 Å². The molecule has 0 spiro atoms. The maximum Gasteiger partial charge on any atom is 0.119 e. The molecule has 3 rings (SSSR count). The normalized spacial score (nSPS) is 10.7. The van der Waals surface area contributed by atoms with Gasteiger partial charge in [0.1, 0.15) is 17.1 Å². The quantitative estimate of drug-likeness (QED) is 0.804. The van der Waals surface area contributed by atoms with Gasteiger partial charge in [-0.05, 0) is 31.2 Å². The van der Waals surface area contributed by atoms with Crippen molar-refractivity contribution in [2.24, 2.45) is 0 Å². The fraction of sp³-hybridized carbons (Fsp3) is 0.176. The molecular weight excluding hydrogens is 278 g/mol. The number of hydrogen-bond acceptors (Lipinski definition) is 4. The molecule has 1 aromatic heterocycles. The van der Waals surface area contributed by atoms with E-state index in [1.165, 1.54) is 5.56 Å². The van der Waals surface area contributed by atoms with E-state index in [1.54, 1.807) is 11.8 Å². The number of methoxy groups -OCH3 is 1. The fourth-order valence-electron chi connectivity index (χ4n) is 2.35. The molecule has 0 aliphatic rings. The van der Waals surface area contributed by atoms with Crippen molar-refractivity contribution >= 4 is 0 Å². The van der Waals surface area contributed by atoms with Crippen LogP contribution in [0.4, 0.5) is 0 Å². The van der Waals surface area contributed by atoms with E-state index in [1.807, 2.05) is 55.5 Å². The minimum absolute atomic E-state index is 0.168. The van der Waals surface area contributed by atoms with Crippen molar-refractivity contribution in [3.63, 3.8) is 0 Å². The van der Waals surface area contributed by atoms with Crippen LogP contribution in [0.5, 0.6) is 5.75 Å². The summed E-state index contributed by atoms with van der Waals surface area (Å²) >= 11 is 0. The van der Waals surface area contributed by atoms with Crippen molar-refractivity contribution in [1.82, 2.24) is 15.0 Å². The molecule has 1 N–H and O–H groups in total. The van der Waals surface area contributed by atoms with Gasteiger partial charge in [0.2, 0.25) is 0 Å². The number of benzene rings is 2. The molecule has 2 aromatic carbocycles. The van der Waals surface area contributed by atoms with Crippen molar-refractivity contribution in [2.75, 3.05) is 7.11 Å². The lowest BCUT2D eigenvalue weighted by Crippen LogP contribution is -2.00. The summed E-state index contributed by atoms with van der Waals surface area (Å²) in [5.41, 5.74) is 4.28. The zero-order valence-electron chi connectivity index (χ0n) is 12.5. The molecule has 5 heteroatoms. The van der Waals surface area contributed by atoms with Crippen molar-refractivity contribution in [3.8, 4) is 22.7 Å². The standard InChI is InChI=1S/C17H17N3O2/c1-12-6-8-14(9-7-12)20-17(16(11-21)18-19-20)13-4-3-5-15(10-13)22-2/h3-10,21H,11H2,1-2H3. The molecule has 5 nitrogen and oxygen atoms in total. The van der Waals surface area contributed by atoms with E-state index in [0.29, 0.717) is 5.69 Å². The monoisotopic (exact) mass is 295 g/mol. The van der Waals surface area contributed by atoms with Gasteiger partial charge in [0.05, 0.1) is 19.4 Å².